The molecule has 23 heavy (non-hydrogen) atoms. The maximum absolute atomic E-state index is 12.4. The molecule has 1 heterocycles. The zero-order chi connectivity index (χ0) is 16.4. The molecule has 5 heteroatoms. The summed E-state index contributed by atoms with van der Waals surface area (Å²) in [6.45, 7) is 3.66. The van der Waals surface area contributed by atoms with Crippen molar-refractivity contribution in [3.63, 3.8) is 0 Å². The van der Waals surface area contributed by atoms with E-state index in [1.54, 1.807) is 0 Å². The molecule has 0 aromatic heterocycles. The van der Waals surface area contributed by atoms with E-state index in [4.69, 9.17) is 4.74 Å². The molecule has 0 amide bonds. The molecule has 1 unspecified atom stereocenters. The van der Waals surface area contributed by atoms with Gasteiger partial charge in [-0.2, -0.15) is 5.26 Å². The molecule has 0 saturated carbocycles. The Bertz CT molecular complexity index is 837. The summed E-state index contributed by atoms with van der Waals surface area (Å²) in [7, 11) is 2.98. The zero-order valence-electron chi connectivity index (χ0n) is 12.8. The fourth-order valence-electron chi connectivity index (χ4n) is 2.41. The van der Waals surface area contributed by atoms with E-state index in [0.29, 0.717) is 5.75 Å². The standard InChI is InChI=1S/C18H15NO2S2/c1-18(2,11-19)14-8-7-12-5-3-4-6-13(12)16(14)21-17(20)15-9-10-22-23-15/h3-10,15H,1-2H3. The van der Waals surface area contributed by atoms with Gasteiger partial charge in [-0.15, -0.1) is 0 Å². The second-order valence-corrected chi connectivity index (χ2v) is 8.08. The van der Waals surface area contributed by atoms with Crippen molar-refractivity contribution in [1.29, 1.82) is 5.26 Å². The number of carbonyl (C=O) groups is 1. The molecule has 1 aliphatic heterocycles. The number of esters is 1. The van der Waals surface area contributed by atoms with Crippen molar-refractivity contribution >= 4 is 38.3 Å². The highest BCUT2D eigenvalue weighted by molar-refractivity contribution is 8.78. The van der Waals surface area contributed by atoms with Crippen molar-refractivity contribution in [3.05, 3.63) is 53.4 Å². The van der Waals surface area contributed by atoms with Gasteiger partial charge in [-0.3, -0.25) is 4.79 Å². The molecule has 0 spiro atoms. The van der Waals surface area contributed by atoms with E-state index in [1.165, 1.54) is 21.6 Å². The average Bonchev–Trinajstić information content (AvgIpc) is 3.09. The summed E-state index contributed by atoms with van der Waals surface area (Å²) in [5.41, 5.74) is -0.0146. The second kappa shape index (κ2) is 6.31. The Balaban J connectivity index is 2.11. The minimum absolute atomic E-state index is 0.303. The number of hydrogen-bond acceptors (Lipinski definition) is 5. The third-order valence-corrected chi connectivity index (χ3v) is 5.96. The van der Waals surface area contributed by atoms with Crippen molar-refractivity contribution in [2.45, 2.75) is 24.5 Å². The molecule has 0 radical (unpaired) electrons. The predicted octanol–water partition coefficient (Wildman–Crippen LogP) is 4.82. The number of benzene rings is 2. The molecule has 2 aromatic carbocycles. The van der Waals surface area contributed by atoms with Gasteiger partial charge >= 0.3 is 5.97 Å². The highest BCUT2D eigenvalue weighted by Gasteiger charge is 2.29. The molecular formula is C18H15NO2S2. The Hall–Kier alpha value is -1.90. The van der Waals surface area contributed by atoms with Gasteiger partial charge in [0.1, 0.15) is 11.0 Å². The second-order valence-electron chi connectivity index (χ2n) is 5.76. The average molecular weight is 341 g/mol. The number of rotatable bonds is 3. The molecule has 1 atom stereocenters. The summed E-state index contributed by atoms with van der Waals surface area (Å²) in [6, 6.07) is 13.9. The number of carbonyl (C=O) groups excluding carboxylic acids is 1. The van der Waals surface area contributed by atoms with Crippen LogP contribution >= 0.6 is 21.6 Å². The van der Waals surface area contributed by atoms with Gasteiger partial charge in [0, 0.05) is 10.9 Å². The molecule has 116 valence electrons. The van der Waals surface area contributed by atoms with Gasteiger partial charge < -0.3 is 4.74 Å². The van der Waals surface area contributed by atoms with Crippen LogP contribution in [0, 0.1) is 11.3 Å². The molecule has 1 aliphatic rings. The highest BCUT2D eigenvalue weighted by atomic mass is 33.1. The van der Waals surface area contributed by atoms with Gasteiger partial charge in [0.2, 0.25) is 0 Å². The smallest absolute Gasteiger partial charge is 0.329 e. The van der Waals surface area contributed by atoms with E-state index < -0.39 is 5.41 Å². The van der Waals surface area contributed by atoms with E-state index in [9.17, 15) is 10.1 Å². The Labute approximate surface area is 143 Å². The third kappa shape index (κ3) is 3.10. The van der Waals surface area contributed by atoms with Gasteiger partial charge in [-0.25, -0.2) is 0 Å². The van der Waals surface area contributed by atoms with Crippen LogP contribution in [0.2, 0.25) is 0 Å². The first-order valence-corrected chi connectivity index (χ1v) is 9.44. The lowest BCUT2D eigenvalue weighted by Crippen LogP contribution is -2.23. The molecule has 3 rings (SSSR count). The van der Waals surface area contributed by atoms with Crippen LogP contribution in [-0.4, -0.2) is 11.2 Å². The Kier molecular flexibility index (Phi) is 4.38. The van der Waals surface area contributed by atoms with Gasteiger partial charge in [0.25, 0.3) is 0 Å². The molecular weight excluding hydrogens is 326 g/mol. The van der Waals surface area contributed by atoms with Crippen molar-refractivity contribution in [2.75, 3.05) is 0 Å². The number of fused-ring (bicyclic) bond motifs is 1. The number of ether oxygens (including phenoxy) is 1. The molecule has 0 bridgehead atoms. The number of hydrogen-bond donors (Lipinski definition) is 0. The van der Waals surface area contributed by atoms with Gasteiger partial charge in [0.05, 0.1) is 11.5 Å². The molecule has 0 fully saturated rings. The van der Waals surface area contributed by atoms with E-state index >= 15 is 0 Å². The first-order valence-electron chi connectivity index (χ1n) is 7.17. The lowest BCUT2D eigenvalue weighted by molar-refractivity contribution is -0.132. The van der Waals surface area contributed by atoms with Crippen LogP contribution in [0.5, 0.6) is 5.75 Å². The fourth-order valence-corrected chi connectivity index (χ4v) is 4.36. The summed E-state index contributed by atoms with van der Waals surface area (Å²) < 4.78 is 5.76. The number of nitriles is 1. The Morgan fingerprint density at radius 2 is 2.04 bits per heavy atom. The lowest BCUT2D eigenvalue weighted by Gasteiger charge is -2.21. The van der Waals surface area contributed by atoms with Crippen molar-refractivity contribution in [3.8, 4) is 11.8 Å². The zero-order valence-corrected chi connectivity index (χ0v) is 14.4. The van der Waals surface area contributed by atoms with Crippen LogP contribution in [0.25, 0.3) is 10.8 Å². The van der Waals surface area contributed by atoms with Crippen LogP contribution in [-0.2, 0) is 10.2 Å². The Morgan fingerprint density at radius 3 is 2.74 bits per heavy atom. The van der Waals surface area contributed by atoms with Gasteiger partial charge in [-0.1, -0.05) is 64.1 Å². The summed E-state index contributed by atoms with van der Waals surface area (Å²) >= 11 is 0. The first kappa shape index (κ1) is 16.0. The minimum atomic E-state index is -0.743. The maximum Gasteiger partial charge on any atom is 0.329 e. The summed E-state index contributed by atoms with van der Waals surface area (Å²) in [5.74, 6) is 0.188. The van der Waals surface area contributed by atoms with Gasteiger partial charge in [0.15, 0.2) is 0 Å². The first-order chi connectivity index (χ1) is 11.0. The SMILES string of the molecule is CC(C)(C#N)c1ccc2ccccc2c1OC(=O)C1C=CSS1. The molecule has 2 aromatic rings. The molecule has 3 nitrogen and oxygen atoms in total. The van der Waals surface area contributed by atoms with Crippen molar-refractivity contribution in [2.24, 2.45) is 0 Å². The van der Waals surface area contributed by atoms with Crippen LogP contribution in [0.4, 0.5) is 0 Å². The highest BCUT2D eigenvalue weighted by Crippen LogP contribution is 2.40. The normalized spacial score (nSPS) is 17.2. The fraction of sp³-hybridized carbons (Fsp3) is 0.222. The molecule has 0 saturated heterocycles. The minimum Gasteiger partial charge on any atom is -0.424 e. The largest absolute Gasteiger partial charge is 0.424 e. The quantitative estimate of drug-likeness (QED) is 0.455. The van der Waals surface area contributed by atoms with Crippen LogP contribution in [0.15, 0.2) is 47.9 Å². The summed E-state index contributed by atoms with van der Waals surface area (Å²) in [6.07, 6.45) is 1.83. The number of nitrogens with zero attached hydrogens (tertiary/aromatic N) is 1. The maximum atomic E-state index is 12.4. The van der Waals surface area contributed by atoms with E-state index in [1.807, 2.05) is 61.7 Å². The summed E-state index contributed by atoms with van der Waals surface area (Å²) in [4.78, 5) is 12.4. The van der Waals surface area contributed by atoms with Crippen LogP contribution in [0.1, 0.15) is 19.4 Å². The van der Waals surface area contributed by atoms with E-state index in [-0.39, 0.29) is 11.2 Å². The van der Waals surface area contributed by atoms with Crippen LogP contribution in [0.3, 0.4) is 0 Å². The van der Waals surface area contributed by atoms with E-state index in [2.05, 4.69) is 6.07 Å². The van der Waals surface area contributed by atoms with E-state index in [0.717, 1.165) is 16.3 Å². The lowest BCUT2D eigenvalue weighted by atomic mass is 9.84. The van der Waals surface area contributed by atoms with Gasteiger partial charge in [-0.05, 0) is 24.6 Å². The summed E-state index contributed by atoms with van der Waals surface area (Å²) in [5, 5.41) is 12.9. The third-order valence-electron chi connectivity index (χ3n) is 3.74. The molecule has 0 N–H and O–H groups in total. The van der Waals surface area contributed by atoms with Crippen LogP contribution < -0.4 is 4.74 Å². The predicted molar refractivity (Wildman–Crippen MR) is 96.3 cm³/mol. The monoisotopic (exact) mass is 341 g/mol. The Morgan fingerprint density at radius 1 is 1.26 bits per heavy atom. The van der Waals surface area contributed by atoms with Crippen molar-refractivity contribution < 1.29 is 9.53 Å². The topological polar surface area (TPSA) is 50.1 Å². The van der Waals surface area contributed by atoms with Crippen molar-refractivity contribution in [1.82, 2.24) is 0 Å². The molecule has 0 aliphatic carbocycles.